The van der Waals surface area contributed by atoms with Crippen LogP contribution in [-0.4, -0.2) is 135 Å². The fourth-order valence-electron chi connectivity index (χ4n) is 6.90. The van der Waals surface area contributed by atoms with Crippen molar-refractivity contribution in [2.75, 3.05) is 27.4 Å². The van der Waals surface area contributed by atoms with Crippen LogP contribution in [0.5, 0.6) is 0 Å². The van der Waals surface area contributed by atoms with E-state index < -0.39 is 116 Å². The number of ether oxygens (including phenoxy) is 11. The number of hydrogen-bond donors (Lipinski definition) is 2. The first-order chi connectivity index (χ1) is 28.6. The summed E-state index contributed by atoms with van der Waals surface area (Å²) in [5.74, 6) is -8.15. The molecule has 2 aliphatic heterocycles. The van der Waals surface area contributed by atoms with Gasteiger partial charge >= 0.3 is 29.8 Å². The molecule has 2 saturated heterocycles. The molecule has 2 aliphatic rings. The first kappa shape index (κ1) is 47.7. The molecular weight excluding hydrogens is 794 g/mol. The Morgan fingerprint density at radius 3 is 1.97 bits per heavy atom. The van der Waals surface area contributed by atoms with Gasteiger partial charge in [-0.15, -0.1) is 0 Å². The van der Waals surface area contributed by atoms with E-state index in [0.29, 0.717) is 5.56 Å². The molecule has 2 heterocycles. The van der Waals surface area contributed by atoms with Gasteiger partial charge in [-0.25, -0.2) is 4.79 Å². The van der Waals surface area contributed by atoms with Crippen LogP contribution < -0.4 is 5.32 Å². The highest BCUT2D eigenvalue weighted by Crippen LogP contribution is 2.40. The van der Waals surface area contributed by atoms with Crippen molar-refractivity contribution in [2.45, 2.75) is 121 Å². The zero-order chi connectivity index (χ0) is 44.0. The fourth-order valence-corrected chi connectivity index (χ4v) is 6.90. The Morgan fingerprint density at radius 2 is 1.43 bits per heavy atom. The molecule has 0 bridgehead atoms. The monoisotopic (exact) mass is 847 g/mol. The largest absolute Gasteiger partial charge is 0.465 e. The molecule has 0 aromatic heterocycles. The van der Waals surface area contributed by atoms with Gasteiger partial charge in [0, 0.05) is 41.7 Å². The predicted molar refractivity (Wildman–Crippen MR) is 203 cm³/mol. The second kappa shape index (κ2) is 22.5. The van der Waals surface area contributed by atoms with Crippen LogP contribution in [0.25, 0.3) is 0 Å². The van der Waals surface area contributed by atoms with Crippen molar-refractivity contribution >= 4 is 35.8 Å². The zero-order valence-electron chi connectivity index (χ0n) is 34.5. The molecule has 2 fully saturated rings. The average Bonchev–Trinajstić information content (AvgIpc) is 3.20. The second-order valence-electron chi connectivity index (χ2n) is 14.0. The van der Waals surface area contributed by atoms with E-state index in [-0.39, 0.29) is 19.8 Å². The van der Waals surface area contributed by atoms with Crippen molar-refractivity contribution < 1.29 is 86.0 Å². The third-order valence-electron chi connectivity index (χ3n) is 9.35. The van der Waals surface area contributed by atoms with Crippen LogP contribution in [0.1, 0.15) is 52.2 Å². The summed E-state index contributed by atoms with van der Waals surface area (Å²) >= 11 is 0. The number of carbonyl (C=O) groups is 6. The molecule has 2 aromatic rings. The van der Waals surface area contributed by atoms with Crippen molar-refractivity contribution in [3.63, 3.8) is 0 Å². The number of aliphatic hydroxyl groups is 1. The average molecular weight is 848 g/mol. The molecule has 330 valence electrons. The molecule has 0 aliphatic carbocycles. The van der Waals surface area contributed by atoms with Crippen LogP contribution >= 0.6 is 0 Å². The van der Waals surface area contributed by atoms with E-state index in [1.165, 1.54) is 7.11 Å². The first-order valence-corrected chi connectivity index (χ1v) is 19.1. The minimum atomic E-state index is -2.69. The Labute approximate surface area is 347 Å². The van der Waals surface area contributed by atoms with Crippen LogP contribution in [0.3, 0.4) is 0 Å². The van der Waals surface area contributed by atoms with Gasteiger partial charge in [-0.2, -0.15) is 0 Å². The predicted octanol–water partition coefficient (Wildman–Crippen LogP) is 1.43. The minimum absolute atomic E-state index is 0.0550. The van der Waals surface area contributed by atoms with Gasteiger partial charge < -0.3 is 62.5 Å². The molecule has 1 amide bonds. The Balaban J connectivity index is 1.86. The number of amides is 1. The normalized spacial score (nSPS) is 27.3. The number of aliphatic hydroxyl groups excluding tert-OH is 1. The molecule has 1 unspecified atom stereocenters. The first-order valence-electron chi connectivity index (χ1n) is 19.1. The van der Waals surface area contributed by atoms with E-state index in [4.69, 9.17) is 52.1 Å². The molecule has 0 radical (unpaired) electrons. The molecule has 0 saturated carbocycles. The summed E-state index contributed by atoms with van der Waals surface area (Å²) in [5.41, 5.74) is 1.55. The van der Waals surface area contributed by atoms with Gasteiger partial charge in [0.25, 0.3) is 5.79 Å². The summed E-state index contributed by atoms with van der Waals surface area (Å²) in [6.45, 7) is 4.54. The lowest BCUT2D eigenvalue weighted by Crippen LogP contribution is -2.71. The molecule has 19 heteroatoms. The third kappa shape index (κ3) is 13.2. The van der Waals surface area contributed by atoms with Crippen molar-refractivity contribution in [2.24, 2.45) is 0 Å². The Hall–Kier alpha value is -5.02. The SMILES string of the molecule is COC(=O)[C@@]1(O[C@H]2[C@@H](O)[C@@H](COCc3ccccc3)O[C@@H](OC)[C@@H]2OCc2ccccc2)C[C@H](OC(C)=O)[C@@H](NC(C)=O)[C@H]([C@H](OC(C)=O)C(COC(C)=O)OC(C)=O)O1. The van der Waals surface area contributed by atoms with Gasteiger partial charge in [0.1, 0.15) is 43.2 Å². The molecule has 60 heavy (non-hydrogen) atoms. The zero-order valence-corrected chi connectivity index (χ0v) is 34.5. The van der Waals surface area contributed by atoms with E-state index in [1.54, 1.807) is 24.3 Å². The molecule has 2 N–H and O–H groups in total. The lowest BCUT2D eigenvalue weighted by atomic mass is 9.87. The number of nitrogens with one attached hydrogen (secondary N) is 1. The van der Waals surface area contributed by atoms with Gasteiger partial charge in [0.05, 0.1) is 39.4 Å². The van der Waals surface area contributed by atoms with E-state index in [0.717, 1.165) is 47.3 Å². The molecule has 19 nitrogen and oxygen atoms in total. The van der Waals surface area contributed by atoms with Crippen LogP contribution in [-0.2, 0) is 94.1 Å². The van der Waals surface area contributed by atoms with Gasteiger partial charge in [-0.05, 0) is 11.1 Å². The van der Waals surface area contributed by atoms with Crippen molar-refractivity contribution in [3.05, 3.63) is 71.8 Å². The highest BCUT2D eigenvalue weighted by molar-refractivity contribution is 5.79. The summed E-state index contributed by atoms with van der Waals surface area (Å²) in [4.78, 5) is 76.8. The van der Waals surface area contributed by atoms with Gasteiger partial charge in [0.2, 0.25) is 5.91 Å². The molecule has 0 spiro atoms. The number of methoxy groups -OCH3 is 2. The van der Waals surface area contributed by atoms with Crippen molar-refractivity contribution in [3.8, 4) is 0 Å². The van der Waals surface area contributed by atoms with Crippen LogP contribution in [0.2, 0.25) is 0 Å². The van der Waals surface area contributed by atoms with Gasteiger partial charge in [-0.1, -0.05) is 60.7 Å². The minimum Gasteiger partial charge on any atom is -0.465 e. The Kier molecular flexibility index (Phi) is 17.9. The Morgan fingerprint density at radius 1 is 0.817 bits per heavy atom. The van der Waals surface area contributed by atoms with Gasteiger partial charge in [-0.3, -0.25) is 24.0 Å². The number of benzene rings is 2. The van der Waals surface area contributed by atoms with E-state index >= 15 is 0 Å². The standard InChI is InChI=1S/C41H53NO18/c1-23(43)42-33-30(55-25(3)45)18-41(40(49)51-7,59-36(33)35(57-27(5)47)32(56-26(4)46)22-53-24(2)44)60-37-34(48)31(21-52-19-28-14-10-8-11-15-28)58-39(50-6)38(37)54-20-29-16-12-9-13-17-29/h8-17,30-39,48H,18-22H2,1-7H3,(H,42,43)/t30-,31+,32?,33+,34-,35+,36+,37-,38+,39+,41-/m0/s1. The van der Waals surface area contributed by atoms with E-state index in [9.17, 15) is 33.9 Å². The summed E-state index contributed by atoms with van der Waals surface area (Å²) in [6.07, 6.45) is -14.5. The molecule has 4 rings (SSSR count). The quantitative estimate of drug-likeness (QED) is 0.150. The molecular formula is C41H53NO18. The molecule has 2 aromatic carbocycles. The number of esters is 5. The van der Waals surface area contributed by atoms with E-state index in [2.05, 4.69) is 5.32 Å². The highest BCUT2D eigenvalue weighted by Gasteiger charge is 2.62. The van der Waals surface area contributed by atoms with Crippen LogP contribution in [0.4, 0.5) is 0 Å². The van der Waals surface area contributed by atoms with Crippen molar-refractivity contribution in [1.29, 1.82) is 0 Å². The number of hydrogen-bond acceptors (Lipinski definition) is 18. The summed E-state index contributed by atoms with van der Waals surface area (Å²) in [7, 11) is 2.35. The van der Waals surface area contributed by atoms with Crippen molar-refractivity contribution in [1.82, 2.24) is 5.32 Å². The Bertz CT molecular complexity index is 1750. The fraction of sp³-hybridized carbons (Fsp3) is 0.561. The third-order valence-corrected chi connectivity index (χ3v) is 9.35. The number of carbonyl (C=O) groups excluding carboxylic acids is 6. The topological polar surface area (TPSA) is 236 Å². The smallest absolute Gasteiger partial charge is 0.366 e. The van der Waals surface area contributed by atoms with Crippen LogP contribution in [0.15, 0.2) is 60.7 Å². The molecule has 11 atom stereocenters. The maximum Gasteiger partial charge on any atom is 0.366 e. The maximum atomic E-state index is 14.3. The second-order valence-corrected chi connectivity index (χ2v) is 14.0. The number of rotatable bonds is 19. The summed E-state index contributed by atoms with van der Waals surface area (Å²) < 4.78 is 64.4. The summed E-state index contributed by atoms with van der Waals surface area (Å²) in [6, 6.07) is 16.7. The maximum absolute atomic E-state index is 14.3. The van der Waals surface area contributed by atoms with Gasteiger partial charge in [0.15, 0.2) is 18.5 Å². The highest BCUT2D eigenvalue weighted by atomic mass is 16.8. The summed E-state index contributed by atoms with van der Waals surface area (Å²) in [5, 5.41) is 14.7. The lowest BCUT2D eigenvalue weighted by molar-refractivity contribution is -0.373. The lowest BCUT2D eigenvalue weighted by Gasteiger charge is -2.51. The van der Waals surface area contributed by atoms with E-state index in [1.807, 2.05) is 36.4 Å². The van der Waals surface area contributed by atoms with Crippen LogP contribution in [0, 0.1) is 0 Å².